The van der Waals surface area contributed by atoms with Crippen LogP contribution in [-0.2, 0) is 29.1 Å². The lowest BCUT2D eigenvalue weighted by Crippen LogP contribution is -2.61. The van der Waals surface area contributed by atoms with E-state index in [0.717, 1.165) is 38.6 Å². The minimum Gasteiger partial charge on any atom is -0.465 e. The van der Waals surface area contributed by atoms with Gasteiger partial charge in [-0.25, -0.2) is 19.6 Å². The summed E-state index contributed by atoms with van der Waals surface area (Å²) in [5, 5.41) is 31.5. The highest BCUT2D eigenvalue weighted by Gasteiger charge is 2.44. The van der Waals surface area contributed by atoms with Crippen LogP contribution in [0.25, 0.3) is 21.8 Å². The molecule has 1 aliphatic heterocycles. The second-order valence-electron chi connectivity index (χ2n) is 17.9. The molecule has 0 aliphatic carbocycles. The molecule has 1 saturated heterocycles. The molecule has 0 radical (unpaired) electrons. The summed E-state index contributed by atoms with van der Waals surface area (Å²) in [4.78, 5) is 71.1. The topological polar surface area (TPSA) is 193 Å². The summed E-state index contributed by atoms with van der Waals surface area (Å²) < 4.78 is 0. The van der Waals surface area contributed by atoms with Crippen molar-refractivity contribution in [3.05, 3.63) is 126 Å². The molecule has 4 heterocycles. The molecule has 1 fully saturated rings. The number of rotatable bonds is 17. The van der Waals surface area contributed by atoms with E-state index in [9.17, 15) is 29.4 Å². The third kappa shape index (κ3) is 12.5. The van der Waals surface area contributed by atoms with Crippen molar-refractivity contribution in [1.82, 2.24) is 45.8 Å². The molecule has 5 aromatic rings. The predicted octanol–water partition coefficient (Wildman–Crippen LogP) is 6.22. The average Bonchev–Trinajstić information content (AvgIpc) is 3.86. The lowest BCUT2D eigenvalue weighted by Gasteiger charge is -2.38. The Bertz CT molecular complexity index is 2300. The molecule has 5 amide bonds. The van der Waals surface area contributed by atoms with Gasteiger partial charge >= 0.3 is 12.1 Å². The number of amides is 5. The first-order valence-electron chi connectivity index (χ1n) is 20.9. The number of benzene rings is 2. The number of carbonyl (C=O) groups is 4. The second-order valence-corrected chi connectivity index (χ2v) is 18.8. The number of hydrogen-bond acceptors (Lipinski definition) is 10. The standard InChI is InChI=1S/C47H57N9O6S/c1-46(2,3)39(52-44(60)61)41(58)53-55(27-32-17-19-33(20-18-32)36-16-10-11-22-49-36)29-38(57)37(25-31-13-8-7-9-14-31)51-42(59)40(47(4,5)6)56-24-23-54(45(56)62)28-35-30-63-43(50-35)34-15-12-21-48-26-34/h7-22,26,30,37-40,52,57H,23-25,27-29H2,1-6H3,(H,51,59)(H,53,58)(H,60,61)/t37-,38-,39+,40+/m0/s1. The maximum atomic E-state index is 14.7. The van der Waals surface area contributed by atoms with Crippen molar-refractivity contribution in [2.24, 2.45) is 10.8 Å². The molecule has 4 atom stereocenters. The fraction of sp³-hybridized carbons (Fsp3) is 0.383. The Labute approximate surface area is 372 Å². The zero-order chi connectivity index (χ0) is 45.3. The van der Waals surface area contributed by atoms with E-state index in [1.165, 1.54) is 16.3 Å². The fourth-order valence-electron chi connectivity index (χ4n) is 7.66. The molecule has 16 heteroatoms. The smallest absolute Gasteiger partial charge is 0.405 e. The van der Waals surface area contributed by atoms with E-state index in [0.29, 0.717) is 13.1 Å². The van der Waals surface area contributed by atoms with Crippen LogP contribution in [0.1, 0.15) is 58.4 Å². The van der Waals surface area contributed by atoms with E-state index in [-0.39, 0.29) is 32.1 Å². The van der Waals surface area contributed by atoms with Crippen molar-refractivity contribution in [3.8, 4) is 21.8 Å². The highest BCUT2D eigenvalue weighted by molar-refractivity contribution is 7.13. The van der Waals surface area contributed by atoms with E-state index in [1.54, 1.807) is 49.2 Å². The van der Waals surface area contributed by atoms with Gasteiger partial charge in [-0.05, 0) is 52.6 Å². The molecular weight excluding hydrogens is 819 g/mol. The molecule has 2 aromatic carbocycles. The zero-order valence-corrected chi connectivity index (χ0v) is 37.4. The van der Waals surface area contributed by atoms with Crippen LogP contribution in [0.2, 0.25) is 0 Å². The number of aliphatic hydroxyl groups excluding tert-OH is 1. The molecule has 15 nitrogen and oxygen atoms in total. The molecule has 5 N–H and O–H groups in total. The summed E-state index contributed by atoms with van der Waals surface area (Å²) in [5.74, 6) is -1.04. The minimum atomic E-state index is -1.35. The van der Waals surface area contributed by atoms with Gasteiger partial charge in [-0.15, -0.1) is 11.3 Å². The third-order valence-electron chi connectivity index (χ3n) is 10.8. The van der Waals surface area contributed by atoms with Gasteiger partial charge in [0, 0.05) is 61.3 Å². The number of hydrazine groups is 1. The largest absolute Gasteiger partial charge is 0.465 e. The fourth-order valence-corrected chi connectivity index (χ4v) is 8.46. The number of hydrogen-bond donors (Lipinski definition) is 5. The molecule has 63 heavy (non-hydrogen) atoms. The first-order valence-corrected chi connectivity index (χ1v) is 21.8. The van der Waals surface area contributed by atoms with Crippen molar-refractivity contribution < 1.29 is 29.4 Å². The zero-order valence-electron chi connectivity index (χ0n) is 36.6. The van der Waals surface area contributed by atoms with Crippen LogP contribution in [0.5, 0.6) is 0 Å². The number of aromatic nitrogens is 3. The number of thiazole rings is 1. The maximum Gasteiger partial charge on any atom is 0.405 e. The van der Waals surface area contributed by atoms with Crippen LogP contribution < -0.4 is 16.1 Å². The number of nitrogens with one attached hydrogen (secondary N) is 3. The first-order chi connectivity index (χ1) is 30.0. The van der Waals surface area contributed by atoms with Gasteiger partial charge in [0.1, 0.15) is 17.1 Å². The summed E-state index contributed by atoms with van der Waals surface area (Å²) in [7, 11) is 0. The molecule has 332 valence electrons. The Morgan fingerprint density at radius 3 is 2.19 bits per heavy atom. The van der Waals surface area contributed by atoms with Gasteiger partial charge in [0.25, 0.3) is 5.91 Å². The predicted molar refractivity (Wildman–Crippen MR) is 242 cm³/mol. The first kappa shape index (κ1) is 46.3. The van der Waals surface area contributed by atoms with Crippen LogP contribution in [0.15, 0.2) is 109 Å². The Hall–Kier alpha value is -6.23. The van der Waals surface area contributed by atoms with Gasteiger partial charge in [-0.2, -0.15) is 0 Å². The van der Waals surface area contributed by atoms with E-state index >= 15 is 0 Å². The Morgan fingerprint density at radius 1 is 0.825 bits per heavy atom. The number of aliphatic hydroxyl groups is 1. The number of nitrogens with zero attached hydrogens (tertiary/aromatic N) is 6. The van der Waals surface area contributed by atoms with E-state index in [1.807, 2.05) is 111 Å². The van der Waals surface area contributed by atoms with Crippen LogP contribution in [-0.4, -0.2) is 108 Å². The third-order valence-corrected chi connectivity index (χ3v) is 11.7. The number of urea groups is 1. The summed E-state index contributed by atoms with van der Waals surface area (Å²) in [6.07, 6.45) is 2.80. The minimum absolute atomic E-state index is 0.132. The number of pyridine rings is 2. The van der Waals surface area contributed by atoms with Gasteiger partial charge < -0.3 is 30.6 Å². The molecule has 0 bridgehead atoms. The summed E-state index contributed by atoms with van der Waals surface area (Å²) in [6, 6.07) is 23.3. The second kappa shape index (κ2) is 20.3. The lowest BCUT2D eigenvalue weighted by molar-refractivity contribution is -0.133. The summed E-state index contributed by atoms with van der Waals surface area (Å²) in [6.45, 7) is 12.0. The highest BCUT2D eigenvalue weighted by Crippen LogP contribution is 2.30. The van der Waals surface area contributed by atoms with Gasteiger partial charge in [0.15, 0.2) is 0 Å². The quantitative estimate of drug-likeness (QED) is 0.0670. The summed E-state index contributed by atoms with van der Waals surface area (Å²) >= 11 is 1.48. The van der Waals surface area contributed by atoms with Crippen molar-refractivity contribution in [1.29, 1.82) is 0 Å². The van der Waals surface area contributed by atoms with Gasteiger partial charge in [0.2, 0.25) is 5.91 Å². The molecule has 6 rings (SSSR count). The summed E-state index contributed by atoms with van der Waals surface area (Å²) in [5.41, 5.74) is 6.35. The van der Waals surface area contributed by atoms with Crippen LogP contribution in [0, 0.1) is 10.8 Å². The molecule has 0 spiro atoms. The number of carbonyl (C=O) groups excluding carboxylic acids is 3. The van der Waals surface area contributed by atoms with Crippen LogP contribution in [0.4, 0.5) is 9.59 Å². The average molecular weight is 876 g/mol. The van der Waals surface area contributed by atoms with Crippen molar-refractivity contribution in [2.75, 3.05) is 19.6 Å². The molecule has 1 aliphatic rings. The molecule has 0 unspecified atom stereocenters. The Balaban J connectivity index is 1.23. The van der Waals surface area contributed by atoms with E-state index in [4.69, 9.17) is 4.98 Å². The van der Waals surface area contributed by atoms with Crippen molar-refractivity contribution in [2.45, 2.75) is 85.3 Å². The number of carboxylic acid groups (broad SMARTS) is 1. The monoisotopic (exact) mass is 875 g/mol. The normalized spacial score (nSPS) is 15.1. The Morgan fingerprint density at radius 2 is 1.56 bits per heavy atom. The van der Waals surface area contributed by atoms with Crippen molar-refractivity contribution >= 4 is 35.3 Å². The maximum absolute atomic E-state index is 14.7. The van der Waals surface area contributed by atoms with Crippen LogP contribution in [0.3, 0.4) is 0 Å². The van der Waals surface area contributed by atoms with E-state index < -0.39 is 53.0 Å². The lowest BCUT2D eigenvalue weighted by atomic mass is 9.84. The highest BCUT2D eigenvalue weighted by atomic mass is 32.1. The van der Waals surface area contributed by atoms with Gasteiger partial charge in [0.05, 0.1) is 30.1 Å². The van der Waals surface area contributed by atoms with E-state index in [2.05, 4.69) is 26.0 Å². The molecule has 3 aromatic heterocycles. The molecular formula is C47H57N9O6S. The van der Waals surface area contributed by atoms with Gasteiger partial charge in [-0.3, -0.25) is 25.0 Å². The SMILES string of the molecule is CC(C)(C)[C@H](NC(=O)O)C(=O)NN(Cc1ccc(-c2ccccn2)cc1)C[C@H](O)[C@H](Cc1ccccc1)NC(=O)[C@@H](N1CCN(Cc2csc(-c3cccnc3)n2)C1=O)C(C)(C)C. The van der Waals surface area contributed by atoms with Crippen LogP contribution >= 0.6 is 11.3 Å². The molecule has 0 saturated carbocycles. The van der Waals surface area contributed by atoms with Gasteiger partial charge in [-0.1, -0.05) is 102 Å². The Kier molecular flexibility index (Phi) is 14.9. The van der Waals surface area contributed by atoms with Crippen molar-refractivity contribution in [3.63, 3.8) is 0 Å².